The minimum absolute atomic E-state index is 0.588. The molecule has 67 heavy (non-hydrogen) atoms. The molecular formula is C65H47NSi. The molecule has 2 aliphatic rings. The van der Waals surface area contributed by atoms with E-state index in [-0.39, 0.29) is 0 Å². The van der Waals surface area contributed by atoms with Gasteiger partial charge in [-0.25, -0.2) is 0 Å². The predicted octanol–water partition coefficient (Wildman–Crippen LogP) is 13.2. The van der Waals surface area contributed by atoms with Crippen molar-refractivity contribution >= 4 is 56.6 Å². The monoisotopic (exact) mass is 869 g/mol. The Morgan fingerprint density at radius 3 is 1.55 bits per heavy atom. The molecule has 0 bridgehead atoms. The Morgan fingerprint density at radius 1 is 0.403 bits per heavy atom. The second kappa shape index (κ2) is 15.8. The van der Waals surface area contributed by atoms with Crippen LogP contribution in [-0.2, 0) is 11.8 Å². The summed E-state index contributed by atoms with van der Waals surface area (Å²) in [7, 11) is -2.86. The fraction of sp³-hybridized carbons (Fsp3) is 0.0462. The quantitative estimate of drug-likeness (QED) is 0.106. The topological polar surface area (TPSA) is 4.93 Å². The average molecular weight is 870 g/mol. The minimum Gasteiger partial charge on any atom is -0.313 e. The summed E-state index contributed by atoms with van der Waals surface area (Å²) < 4.78 is 2.51. The van der Waals surface area contributed by atoms with Gasteiger partial charge in [-0.3, -0.25) is 0 Å². The second-order valence-corrected chi connectivity index (χ2v) is 22.1. The third-order valence-corrected chi connectivity index (χ3v) is 19.6. The van der Waals surface area contributed by atoms with Crippen molar-refractivity contribution in [3.8, 4) is 27.9 Å². The van der Waals surface area contributed by atoms with Crippen molar-refractivity contribution in [1.82, 2.24) is 4.57 Å². The number of nitrogens with zero attached hydrogens (tertiary/aromatic N) is 1. The third kappa shape index (κ3) is 6.00. The van der Waals surface area contributed by atoms with Crippen LogP contribution >= 0.6 is 0 Å². The molecule has 0 atom stereocenters. The van der Waals surface area contributed by atoms with Crippen LogP contribution in [0.3, 0.4) is 0 Å². The van der Waals surface area contributed by atoms with Crippen LogP contribution in [-0.4, -0.2) is 12.6 Å². The summed E-state index contributed by atoms with van der Waals surface area (Å²) in [5.74, 6) is 0. The highest BCUT2D eigenvalue weighted by Gasteiger charge is 2.49. The van der Waals surface area contributed by atoms with E-state index in [4.69, 9.17) is 0 Å². The summed E-state index contributed by atoms with van der Waals surface area (Å²) in [6.07, 6.45) is 6.77. The van der Waals surface area contributed by atoms with Crippen LogP contribution in [0.4, 0.5) is 0 Å². The molecule has 316 valence electrons. The highest BCUT2D eigenvalue weighted by molar-refractivity contribution is 7.19. The van der Waals surface area contributed by atoms with E-state index in [0.717, 1.165) is 12.8 Å². The van der Waals surface area contributed by atoms with E-state index in [1.807, 2.05) is 0 Å². The highest BCUT2D eigenvalue weighted by Crippen LogP contribution is 2.56. The van der Waals surface area contributed by atoms with E-state index < -0.39 is 13.5 Å². The van der Waals surface area contributed by atoms with E-state index in [1.165, 1.54) is 104 Å². The van der Waals surface area contributed by atoms with Gasteiger partial charge in [-0.15, -0.1) is 0 Å². The lowest BCUT2D eigenvalue weighted by Gasteiger charge is -2.37. The molecule has 13 rings (SSSR count). The fourth-order valence-electron chi connectivity index (χ4n) is 12.0. The molecule has 0 fully saturated rings. The zero-order valence-electron chi connectivity index (χ0n) is 37.2. The van der Waals surface area contributed by atoms with E-state index in [0.29, 0.717) is 0 Å². The van der Waals surface area contributed by atoms with Crippen molar-refractivity contribution in [2.24, 2.45) is 0 Å². The smallest absolute Gasteiger partial charge is 0.179 e. The first-order valence-electron chi connectivity index (χ1n) is 23.6. The molecule has 1 nitrogen and oxygen atoms in total. The Balaban J connectivity index is 1.05. The van der Waals surface area contributed by atoms with Gasteiger partial charge in [-0.1, -0.05) is 231 Å². The molecule has 0 spiro atoms. The van der Waals surface area contributed by atoms with Gasteiger partial charge in [0.15, 0.2) is 8.07 Å². The maximum absolute atomic E-state index is 2.86. The van der Waals surface area contributed by atoms with Crippen LogP contribution in [0.25, 0.3) is 55.7 Å². The summed E-state index contributed by atoms with van der Waals surface area (Å²) >= 11 is 0. The maximum Gasteiger partial charge on any atom is 0.179 e. The zero-order chi connectivity index (χ0) is 44.4. The van der Waals surface area contributed by atoms with Crippen molar-refractivity contribution in [2.75, 3.05) is 0 Å². The number of aromatic nitrogens is 1. The molecule has 0 radical (unpaired) electrons. The van der Waals surface area contributed by atoms with Gasteiger partial charge in [0.25, 0.3) is 0 Å². The molecule has 0 N–H and O–H groups in total. The number of hydrogen-bond donors (Lipinski definition) is 0. The summed E-state index contributed by atoms with van der Waals surface area (Å²) in [4.78, 5) is 0. The Morgan fingerprint density at radius 2 is 0.925 bits per heavy atom. The Hall–Kier alpha value is -8.04. The van der Waals surface area contributed by atoms with E-state index >= 15 is 0 Å². The third-order valence-electron chi connectivity index (χ3n) is 14.9. The van der Waals surface area contributed by atoms with Crippen molar-refractivity contribution < 1.29 is 0 Å². The summed E-state index contributed by atoms with van der Waals surface area (Å²) in [6, 6.07) is 94.1. The number of hydrogen-bond acceptors (Lipinski definition) is 0. The molecule has 11 aromatic rings. The molecule has 2 heteroatoms. The normalized spacial score (nSPS) is 13.6. The van der Waals surface area contributed by atoms with Gasteiger partial charge in [0, 0.05) is 22.3 Å². The summed E-state index contributed by atoms with van der Waals surface area (Å²) in [6.45, 7) is 0. The van der Waals surface area contributed by atoms with Gasteiger partial charge in [0.1, 0.15) is 0 Å². The average Bonchev–Trinajstić information content (AvgIpc) is 3.90. The molecule has 10 aromatic carbocycles. The number of allylic oxidation sites excluding steroid dienone is 1. The number of benzene rings is 10. The predicted molar refractivity (Wildman–Crippen MR) is 284 cm³/mol. The van der Waals surface area contributed by atoms with Gasteiger partial charge in [-0.2, -0.15) is 0 Å². The van der Waals surface area contributed by atoms with Crippen LogP contribution < -0.4 is 20.7 Å². The van der Waals surface area contributed by atoms with E-state index in [2.05, 4.69) is 265 Å². The first-order chi connectivity index (χ1) is 33.2. The summed E-state index contributed by atoms with van der Waals surface area (Å²) in [5, 5.41) is 9.31. The van der Waals surface area contributed by atoms with Crippen molar-refractivity contribution in [3.05, 3.63) is 288 Å². The van der Waals surface area contributed by atoms with Crippen molar-refractivity contribution in [3.63, 3.8) is 0 Å². The second-order valence-electron chi connectivity index (χ2n) is 18.3. The van der Waals surface area contributed by atoms with E-state index in [1.54, 1.807) is 0 Å². The minimum atomic E-state index is -2.86. The highest BCUT2D eigenvalue weighted by atomic mass is 28.3. The summed E-state index contributed by atoms with van der Waals surface area (Å²) in [5.41, 5.74) is 14.8. The lowest BCUT2D eigenvalue weighted by molar-refractivity contribution is 0.769. The first-order valence-corrected chi connectivity index (χ1v) is 25.6. The molecule has 0 unspecified atom stereocenters. The van der Waals surface area contributed by atoms with Crippen molar-refractivity contribution in [2.45, 2.75) is 18.3 Å². The standard InChI is InChI=1S/C65H47NSi/c1-6-22-50(23-7-1)65(51-24-8-2-9-25-51)61-44-49(48-36-41-64-60(43-48)59-32-18-19-33-63(59)66(64)52-37-34-46-20-16-17-21-47(46)42-52)35-39-57(61)58-40-38-56(45-62(58)65)67(53-26-10-3-11-27-53,54-28-12-4-13-29-54)55-30-14-5-15-31-55/h1-18,20-32,34-45H,19,33H2. The molecule has 2 aliphatic carbocycles. The van der Waals surface area contributed by atoms with Crippen LogP contribution in [0.5, 0.6) is 0 Å². The van der Waals surface area contributed by atoms with Gasteiger partial charge >= 0.3 is 0 Å². The molecule has 0 aliphatic heterocycles. The lowest BCUT2D eigenvalue weighted by atomic mass is 9.67. The number of rotatable bonds is 8. The molecule has 1 aromatic heterocycles. The fourth-order valence-corrected chi connectivity index (χ4v) is 16.7. The Bertz CT molecular complexity index is 3530. The largest absolute Gasteiger partial charge is 0.313 e. The maximum atomic E-state index is 2.62. The zero-order valence-corrected chi connectivity index (χ0v) is 38.2. The van der Waals surface area contributed by atoms with Crippen LogP contribution in [0.2, 0.25) is 0 Å². The molecule has 0 amide bonds. The number of fused-ring (bicyclic) bond motifs is 7. The van der Waals surface area contributed by atoms with Crippen LogP contribution in [0.1, 0.15) is 39.9 Å². The molecule has 1 heterocycles. The SMILES string of the molecule is C1=Cc2c(n(-c3ccc4ccccc4c3)c3ccc(-c4ccc5c(c4)C(c4ccccc4)(c4ccccc4)c4cc([Si](c6ccccc6)(c6ccccc6)c6ccccc6)ccc4-5)cc23)CC1. The Labute approximate surface area is 393 Å². The van der Waals surface area contributed by atoms with Gasteiger partial charge in [-0.05, 0) is 119 Å². The van der Waals surface area contributed by atoms with E-state index in [9.17, 15) is 0 Å². The van der Waals surface area contributed by atoms with Crippen LogP contribution in [0.15, 0.2) is 255 Å². The molecular weight excluding hydrogens is 823 g/mol. The molecule has 0 saturated heterocycles. The molecule has 0 saturated carbocycles. The van der Waals surface area contributed by atoms with Crippen molar-refractivity contribution in [1.29, 1.82) is 0 Å². The van der Waals surface area contributed by atoms with Gasteiger partial charge in [0.2, 0.25) is 0 Å². The lowest BCUT2D eigenvalue weighted by Crippen LogP contribution is -2.74. The Kier molecular flexibility index (Phi) is 9.30. The first kappa shape index (κ1) is 39.3. The van der Waals surface area contributed by atoms with Gasteiger partial charge in [0.05, 0.1) is 10.9 Å². The van der Waals surface area contributed by atoms with Crippen LogP contribution in [0, 0.1) is 0 Å². The van der Waals surface area contributed by atoms with Gasteiger partial charge < -0.3 is 4.57 Å².